The number of amides is 1. The van der Waals surface area contributed by atoms with E-state index in [4.69, 9.17) is 21.1 Å². The van der Waals surface area contributed by atoms with E-state index in [1.54, 1.807) is 31.4 Å². The van der Waals surface area contributed by atoms with Crippen LogP contribution in [0.3, 0.4) is 0 Å². The van der Waals surface area contributed by atoms with E-state index >= 15 is 0 Å². The van der Waals surface area contributed by atoms with E-state index in [-0.39, 0.29) is 18.7 Å². The molecule has 1 amide bonds. The van der Waals surface area contributed by atoms with Crippen molar-refractivity contribution in [2.45, 2.75) is 25.5 Å². The molecule has 1 heterocycles. The summed E-state index contributed by atoms with van der Waals surface area (Å²) in [6, 6.07) is 10.2. The van der Waals surface area contributed by atoms with Crippen LogP contribution < -0.4 is 14.4 Å². The molecule has 3 rings (SSSR count). The number of fused-ring (bicyclic) bond motifs is 1. The monoisotopic (exact) mass is 389 g/mol. The van der Waals surface area contributed by atoms with Gasteiger partial charge in [0.15, 0.2) is 17.1 Å². The Morgan fingerprint density at radius 3 is 2.48 bits per heavy atom. The van der Waals surface area contributed by atoms with Crippen molar-refractivity contribution >= 4 is 29.0 Å². The number of benzene rings is 2. The zero-order valence-corrected chi connectivity index (χ0v) is 16.0. The van der Waals surface area contributed by atoms with Crippen LogP contribution in [0.4, 0.5) is 5.69 Å². The van der Waals surface area contributed by atoms with Crippen molar-refractivity contribution in [1.29, 1.82) is 0 Å². The van der Waals surface area contributed by atoms with Gasteiger partial charge >= 0.3 is 0 Å². The fourth-order valence-corrected chi connectivity index (χ4v) is 3.54. The number of aliphatic hydroxyl groups is 1. The van der Waals surface area contributed by atoms with Crippen LogP contribution in [0.5, 0.6) is 11.5 Å². The maximum Gasteiger partial charge on any atom is 0.264 e. The molecular formula is C20H20ClNO5. The highest BCUT2D eigenvalue weighted by Crippen LogP contribution is 2.44. The molecular weight excluding hydrogens is 370 g/mol. The third kappa shape index (κ3) is 3.38. The van der Waals surface area contributed by atoms with Gasteiger partial charge in [0.25, 0.3) is 5.91 Å². The topological polar surface area (TPSA) is 76.1 Å². The van der Waals surface area contributed by atoms with E-state index in [0.717, 1.165) is 5.56 Å². The van der Waals surface area contributed by atoms with Crippen molar-refractivity contribution in [3.05, 3.63) is 52.5 Å². The number of rotatable bonds is 6. The summed E-state index contributed by atoms with van der Waals surface area (Å²) in [5, 5.41) is 11.4. The number of carbonyl (C=O) groups excluding carboxylic acids is 2. The summed E-state index contributed by atoms with van der Waals surface area (Å²) >= 11 is 6.06. The summed E-state index contributed by atoms with van der Waals surface area (Å²) in [6.45, 7) is 1.54. The van der Waals surface area contributed by atoms with Gasteiger partial charge < -0.3 is 19.5 Å². The number of ether oxygens (including phenoxy) is 2. The second-order valence-corrected chi connectivity index (χ2v) is 6.92. The van der Waals surface area contributed by atoms with Gasteiger partial charge in [-0.15, -0.1) is 0 Å². The van der Waals surface area contributed by atoms with Crippen molar-refractivity contribution in [2.24, 2.45) is 0 Å². The van der Waals surface area contributed by atoms with Gasteiger partial charge in [-0.3, -0.25) is 9.59 Å². The highest BCUT2D eigenvalue weighted by Gasteiger charge is 2.50. The van der Waals surface area contributed by atoms with E-state index < -0.39 is 11.5 Å². The minimum atomic E-state index is -1.91. The number of methoxy groups -OCH3 is 2. The van der Waals surface area contributed by atoms with Crippen LogP contribution in [0.2, 0.25) is 5.02 Å². The quantitative estimate of drug-likeness (QED) is 0.821. The van der Waals surface area contributed by atoms with Crippen molar-refractivity contribution < 1.29 is 24.2 Å². The Labute approximate surface area is 162 Å². The van der Waals surface area contributed by atoms with Crippen molar-refractivity contribution in [2.75, 3.05) is 19.1 Å². The molecule has 2 aromatic carbocycles. The summed E-state index contributed by atoms with van der Waals surface area (Å²) in [5.41, 5.74) is -0.254. The predicted octanol–water partition coefficient (Wildman–Crippen LogP) is 3.07. The molecule has 27 heavy (non-hydrogen) atoms. The van der Waals surface area contributed by atoms with Gasteiger partial charge in [0.05, 0.1) is 26.5 Å². The van der Waals surface area contributed by atoms with Crippen molar-refractivity contribution in [1.82, 2.24) is 0 Å². The standard InChI is InChI=1S/C20H20ClNO5/c1-12(23)10-20(25)15-9-14(21)5-6-16(15)22(19(20)24)11-13-4-7-17(26-2)18(8-13)27-3/h4-9,25H,10-11H2,1-3H3. The first kappa shape index (κ1) is 19.2. The number of hydrogen-bond acceptors (Lipinski definition) is 5. The zero-order chi connectivity index (χ0) is 19.8. The minimum Gasteiger partial charge on any atom is -0.493 e. The fourth-order valence-electron chi connectivity index (χ4n) is 3.37. The molecule has 0 spiro atoms. The van der Waals surface area contributed by atoms with Gasteiger partial charge in [-0.1, -0.05) is 17.7 Å². The van der Waals surface area contributed by atoms with Crippen LogP contribution >= 0.6 is 11.6 Å². The summed E-state index contributed by atoms with van der Waals surface area (Å²) < 4.78 is 10.5. The average Bonchev–Trinajstić information content (AvgIpc) is 2.82. The molecule has 1 unspecified atom stereocenters. The Bertz CT molecular complexity index is 913. The van der Waals surface area contributed by atoms with Crippen LogP contribution in [-0.2, 0) is 21.7 Å². The second kappa shape index (κ2) is 7.21. The average molecular weight is 390 g/mol. The SMILES string of the molecule is COc1ccc(CN2C(=O)C(O)(CC(C)=O)c3cc(Cl)ccc32)cc1OC. The summed E-state index contributed by atoms with van der Waals surface area (Å²) in [5.74, 6) is 0.278. The minimum absolute atomic E-state index is 0.202. The number of halogens is 1. The number of Topliss-reactive ketones (excluding diaryl/α,β-unsaturated/α-hetero) is 1. The van der Waals surface area contributed by atoms with Gasteiger partial charge in [0, 0.05) is 17.0 Å². The highest BCUT2D eigenvalue weighted by atomic mass is 35.5. The molecule has 142 valence electrons. The molecule has 0 saturated carbocycles. The molecule has 7 heteroatoms. The molecule has 1 N–H and O–H groups in total. The Balaban J connectivity index is 2.02. The fraction of sp³-hybridized carbons (Fsp3) is 0.300. The molecule has 1 aliphatic heterocycles. The number of nitrogens with zero attached hydrogens (tertiary/aromatic N) is 1. The molecule has 1 atom stereocenters. The van der Waals surface area contributed by atoms with Crippen LogP contribution in [0.15, 0.2) is 36.4 Å². The van der Waals surface area contributed by atoms with Crippen LogP contribution in [0, 0.1) is 0 Å². The lowest BCUT2D eigenvalue weighted by Crippen LogP contribution is -2.41. The first-order valence-corrected chi connectivity index (χ1v) is 8.72. The molecule has 0 aliphatic carbocycles. The molecule has 1 aliphatic rings. The Morgan fingerprint density at radius 2 is 1.85 bits per heavy atom. The highest BCUT2D eigenvalue weighted by molar-refractivity contribution is 6.31. The van der Waals surface area contributed by atoms with Crippen LogP contribution in [-0.4, -0.2) is 31.0 Å². The van der Waals surface area contributed by atoms with Gasteiger partial charge in [-0.25, -0.2) is 0 Å². The Hall–Kier alpha value is -2.57. The first-order chi connectivity index (χ1) is 12.8. The van der Waals surface area contributed by atoms with Gasteiger partial charge in [0.2, 0.25) is 0 Å². The maximum atomic E-state index is 13.0. The van der Waals surface area contributed by atoms with Crippen LogP contribution in [0.25, 0.3) is 0 Å². The lowest BCUT2D eigenvalue weighted by Gasteiger charge is -2.22. The summed E-state index contributed by atoms with van der Waals surface area (Å²) in [7, 11) is 3.08. The number of anilines is 1. The summed E-state index contributed by atoms with van der Waals surface area (Å²) in [4.78, 5) is 26.2. The van der Waals surface area contributed by atoms with Crippen molar-refractivity contribution in [3.8, 4) is 11.5 Å². The molecule has 0 fully saturated rings. The first-order valence-electron chi connectivity index (χ1n) is 8.35. The third-order valence-corrected chi connectivity index (χ3v) is 4.82. The number of carbonyl (C=O) groups is 2. The van der Waals surface area contributed by atoms with Gasteiger partial charge in [-0.05, 0) is 42.8 Å². The lowest BCUT2D eigenvalue weighted by atomic mass is 9.90. The Morgan fingerprint density at radius 1 is 1.15 bits per heavy atom. The predicted molar refractivity (Wildman–Crippen MR) is 101 cm³/mol. The second-order valence-electron chi connectivity index (χ2n) is 6.48. The van der Waals surface area contributed by atoms with E-state index in [2.05, 4.69) is 0 Å². The van der Waals surface area contributed by atoms with Gasteiger partial charge in [-0.2, -0.15) is 0 Å². The molecule has 0 saturated heterocycles. The van der Waals surface area contributed by atoms with E-state index in [1.807, 2.05) is 6.07 Å². The molecule has 0 aromatic heterocycles. The lowest BCUT2D eigenvalue weighted by molar-refractivity contribution is -0.141. The number of ketones is 1. The molecule has 0 bridgehead atoms. The van der Waals surface area contributed by atoms with E-state index in [0.29, 0.717) is 27.8 Å². The normalized spacial score (nSPS) is 18.4. The smallest absolute Gasteiger partial charge is 0.264 e. The van der Waals surface area contributed by atoms with Crippen LogP contribution in [0.1, 0.15) is 24.5 Å². The van der Waals surface area contributed by atoms with Crippen molar-refractivity contribution in [3.63, 3.8) is 0 Å². The molecule has 2 aromatic rings. The maximum absolute atomic E-state index is 13.0. The third-order valence-electron chi connectivity index (χ3n) is 4.59. The molecule has 0 radical (unpaired) electrons. The largest absolute Gasteiger partial charge is 0.493 e. The summed E-state index contributed by atoms with van der Waals surface area (Å²) in [6.07, 6.45) is -0.304. The van der Waals surface area contributed by atoms with E-state index in [1.165, 1.54) is 25.0 Å². The number of hydrogen-bond donors (Lipinski definition) is 1. The molecule has 6 nitrogen and oxygen atoms in total. The Kier molecular flexibility index (Phi) is 5.13. The van der Waals surface area contributed by atoms with Gasteiger partial charge in [0.1, 0.15) is 5.78 Å². The van der Waals surface area contributed by atoms with E-state index in [9.17, 15) is 14.7 Å². The zero-order valence-electron chi connectivity index (χ0n) is 15.3.